The standard InChI is InChI=1S/C16H18F3NO3/c1-10-8-20(9-13(10)15(22)23)14(21)12-5-3-2-4-11(12)6-7-16(17,18)19/h2-5,10,13H,6-9H2,1H3,(H,22,23)/t10-,13-/m1/s1. The molecule has 1 saturated heterocycles. The molecular formula is C16H18F3NO3. The third-order valence-electron chi connectivity index (χ3n) is 4.14. The summed E-state index contributed by atoms with van der Waals surface area (Å²) < 4.78 is 37.2. The molecule has 0 unspecified atom stereocenters. The molecule has 1 amide bonds. The number of hydrogen-bond donors (Lipinski definition) is 1. The van der Waals surface area contributed by atoms with Gasteiger partial charge in [-0.25, -0.2) is 0 Å². The molecule has 4 nitrogen and oxygen atoms in total. The van der Waals surface area contributed by atoms with E-state index in [0.29, 0.717) is 12.1 Å². The van der Waals surface area contributed by atoms with Gasteiger partial charge in [-0.15, -0.1) is 0 Å². The molecule has 1 heterocycles. The Morgan fingerprint density at radius 1 is 1.26 bits per heavy atom. The lowest BCUT2D eigenvalue weighted by Gasteiger charge is -2.18. The second-order valence-corrected chi connectivity index (χ2v) is 5.90. The van der Waals surface area contributed by atoms with Crippen molar-refractivity contribution in [2.45, 2.75) is 25.9 Å². The van der Waals surface area contributed by atoms with Crippen LogP contribution in [0.25, 0.3) is 0 Å². The Balaban J connectivity index is 2.15. The van der Waals surface area contributed by atoms with Gasteiger partial charge in [-0.3, -0.25) is 9.59 Å². The number of likely N-dealkylation sites (tertiary alicyclic amines) is 1. The Kier molecular flexibility index (Phi) is 4.97. The number of carbonyl (C=O) groups is 2. The van der Waals surface area contributed by atoms with E-state index in [-0.39, 0.29) is 24.4 Å². The van der Waals surface area contributed by atoms with Crippen molar-refractivity contribution in [1.82, 2.24) is 4.90 Å². The molecule has 1 aliphatic rings. The largest absolute Gasteiger partial charge is 0.481 e. The van der Waals surface area contributed by atoms with Crippen LogP contribution in [0.15, 0.2) is 24.3 Å². The maximum absolute atomic E-state index is 12.6. The summed E-state index contributed by atoms with van der Waals surface area (Å²) in [6.45, 7) is 2.13. The molecule has 126 valence electrons. The van der Waals surface area contributed by atoms with Crippen LogP contribution in [-0.2, 0) is 11.2 Å². The number of amides is 1. The Morgan fingerprint density at radius 3 is 2.48 bits per heavy atom. The van der Waals surface area contributed by atoms with Crippen LogP contribution in [0.1, 0.15) is 29.3 Å². The zero-order valence-corrected chi connectivity index (χ0v) is 12.6. The maximum atomic E-state index is 12.6. The van der Waals surface area contributed by atoms with Gasteiger partial charge in [0.25, 0.3) is 5.91 Å². The van der Waals surface area contributed by atoms with E-state index >= 15 is 0 Å². The summed E-state index contributed by atoms with van der Waals surface area (Å²) in [7, 11) is 0. The molecule has 1 N–H and O–H groups in total. The molecule has 0 aromatic heterocycles. The van der Waals surface area contributed by atoms with E-state index in [1.165, 1.54) is 17.0 Å². The van der Waals surface area contributed by atoms with E-state index in [9.17, 15) is 22.8 Å². The Bertz CT molecular complexity index is 600. The molecule has 2 atom stereocenters. The third-order valence-corrected chi connectivity index (χ3v) is 4.14. The van der Waals surface area contributed by atoms with Gasteiger partial charge in [-0.1, -0.05) is 25.1 Å². The highest BCUT2D eigenvalue weighted by atomic mass is 19.4. The Hall–Kier alpha value is -2.05. The molecule has 0 radical (unpaired) electrons. The number of aryl methyl sites for hydroxylation is 1. The maximum Gasteiger partial charge on any atom is 0.389 e. The van der Waals surface area contributed by atoms with E-state index < -0.39 is 30.4 Å². The smallest absolute Gasteiger partial charge is 0.389 e. The van der Waals surface area contributed by atoms with E-state index in [0.717, 1.165) is 0 Å². The minimum absolute atomic E-state index is 0.0862. The van der Waals surface area contributed by atoms with Crippen molar-refractivity contribution in [3.05, 3.63) is 35.4 Å². The molecule has 1 aliphatic heterocycles. The molecule has 23 heavy (non-hydrogen) atoms. The summed E-state index contributed by atoms with van der Waals surface area (Å²) in [4.78, 5) is 25.1. The molecule has 0 aliphatic carbocycles. The number of carboxylic acid groups (broad SMARTS) is 1. The van der Waals surface area contributed by atoms with Crippen LogP contribution in [0.2, 0.25) is 0 Å². The molecule has 1 aromatic rings. The van der Waals surface area contributed by atoms with Crippen molar-refractivity contribution >= 4 is 11.9 Å². The van der Waals surface area contributed by atoms with Crippen molar-refractivity contribution in [2.75, 3.05) is 13.1 Å². The predicted octanol–water partition coefficient (Wildman–Crippen LogP) is 2.97. The number of carbonyl (C=O) groups excluding carboxylic acids is 1. The molecule has 0 spiro atoms. The second-order valence-electron chi connectivity index (χ2n) is 5.90. The number of halogens is 3. The summed E-state index contributed by atoms with van der Waals surface area (Å²) in [5.41, 5.74) is 0.552. The quantitative estimate of drug-likeness (QED) is 0.924. The Labute approximate surface area is 131 Å². The first kappa shape index (κ1) is 17.3. The number of benzene rings is 1. The highest BCUT2D eigenvalue weighted by Crippen LogP contribution is 2.27. The molecule has 7 heteroatoms. The van der Waals surface area contributed by atoms with Crippen LogP contribution in [0, 0.1) is 11.8 Å². The number of carboxylic acids is 1. The molecule has 0 bridgehead atoms. The monoisotopic (exact) mass is 329 g/mol. The number of rotatable bonds is 4. The first-order chi connectivity index (χ1) is 10.7. The van der Waals surface area contributed by atoms with Crippen LogP contribution in [0.5, 0.6) is 0 Å². The highest BCUT2D eigenvalue weighted by Gasteiger charge is 2.37. The minimum atomic E-state index is -4.28. The van der Waals surface area contributed by atoms with Gasteiger partial charge in [0.2, 0.25) is 0 Å². The van der Waals surface area contributed by atoms with Gasteiger partial charge in [-0.2, -0.15) is 13.2 Å². The van der Waals surface area contributed by atoms with Crippen LogP contribution >= 0.6 is 0 Å². The number of nitrogens with zero attached hydrogens (tertiary/aromatic N) is 1. The summed E-state index contributed by atoms with van der Waals surface area (Å²) in [5, 5.41) is 9.12. The number of aliphatic carboxylic acids is 1. The SMILES string of the molecule is C[C@@H]1CN(C(=O)c2ccccc2CCC(F)(F)F)C[C@H]1C(=O)O. The molecule has 1 fully saturated rings. The highest BCUT2D eigenvalue weighted by molar-refractivity contribution is 5.96. The summed E-state index contributed by atoms with van der Waals surface area (Å²) in [6.07, 6.45) is -5.55. The van der Waals surface area contributed by atoms with Crippen LogP contribution in [0.4, 0.5) is 13.2 Å². The average Bonchev–Trinajstić information content (AvgIpc) is 2.86. The molecule has 0 saturated carbocycles. The first-order valence-electron chi connectivity index (χ1n) is 7.36. The van der Waals surface area contributed by atoms with Gasteiger partial charge in [0.1, 0.15) is 0 Å². The zero-order chi connectivity index (χ0) is 17.2. The lowest BCUT2D eigenvalue weighted by molar-refractivity contribution is -0.142. The molecular weight excluding hydrogens is 311 g/mol. The molecule has 2 rings (SSSR count). The van der Waals surface area contributed by atoms with Crippen LogP contribution < -0.4 is 0 Å². The average molecular weight is 329 g/mol. The number of alkyl halides is 3. The van der Waals surface area contributed by atoms with Crippen molar-refractivity contribution in [2.24, 2.45) is 11.8 Å². The van der Waals surface area contributed by atoms with Gasteiger partial charge < -0.3 is 10.0 Å². The van der Waals surface area contributed by atoms with Crippen LogP contribution in [-0.4, -0.2) is 41.1 Å². The van der Waals surface area contributed by atoms with Gasteiger partial charge in [0.05, 0.1) is 5.92 Å². The Morgan fingerprint density at radius 2 is 1.91 bits per heavy atom. The van der Waals surface area contributed by atoms with Gasteiger partial charge in [-0.05, 0) is 24.0 Å². The predicted molar refractivity (Wildman–Crippen MR) is 77.0 cm³/mol. The lowest BCUT2D eigenvalue weighted by atomic mass is 9.99. The summed E-state index contributed by atoms with van der Waals surface area (Å²) >= 11 is 0. The summed E-state index contributed by atoms with van der Waals surface area (Å²) in [5.74, 6) is -2.18. The fraction of sp³-hybridized carbons (Fsp3) is 0.500. The van der Waals surface area contributed by atoms with E-state index in [1.807, 2.05) is 0 Å². The third kappa shape index (κ3) is 4.24. The van der Waals surface area contributed by atoms with Crippen molar-refractivity contribution in [3.63, 3.8) is 0 Å². The van der Waals surface area contributed by atoms with E-state index in [2.05, 4.69) is 0 Å². The van der Waals surface area contributed by atoms with E-state index in [1.54, 1.807) is 19.1 Å². The van der Waals surface area contributed by atoms with E-state index in [4.69, 9.17) is 5.11 Å². The van der Waals surface area contributed by atoms with Gasteiger partial charge in [0.15, 0.2) is 0 Å². The minimum Gasteiger partial charge on any atom is -0.481 e. The van der Waals surface area contributed by atoms with Gasteiger partial charge >= 0.3 is 12.1 Å². The lowest BCUT2D eigenvalue weighted by Crippen LogP contribution is -2.30. The topological polar surface area (TPSA) is 57.6 Å². The van der Waals surface area contributed by atoms with Crippen molar-refractivity contribution in [1.29, 1.82) is 0 Å². The fourth-order valence-electron chi connectivity index (χ4n) is 2.85. The first-order valence-corrected chi connectivity index (χ1v) is 7.36. The van der Waals surface area contributed by atoms with Gasteiger partial charge in [0, 0.05) is 25.1 Å². The fourth-order valence-corrected chi connectivity index (χ4v) is 2.85. The van der Waals surface area contributed by atoms with Crippen molar-refractivity contribution < 1.29 is 27.9 Å². The summed E-state index contributed by atoms with van der Waals surface area (Å²) in [6, 6.07) is 6.19. The second kappa shape index (κ2) is 6.60. The number of hydrogen-bond acceptors (Lipinski definition) is 2. The molecule has 1 aromatic carbocycles. The van der Waals surface area contributed by atoms with Crippen molar-refractivity contribution in [3.8, 4) is 0 Å². The zero-order valence-electron chi connectivity index (χ0n) is 12.6. The normalized spacial score (nSPS) is 21.5. The van der Waals surface area contributed by atoms with Crippen LogP contribution in [0.3, 0.4) is 0 Å².